The molecule has 0 aliphatic carbocycles. The zero-order chi connectivity index (χ0) is 25.7. The molecule has 1 aliphatic rings. The van der Waals surface area contributed by atoms with Gasteiger partial charge in [-0.15, -0.1) is 0 Å². The second-order valence-corrected chi connectivity index (χ2v) is 8.36. The third-order valence-electron chi connectivity index (χ3n) is 5.76. The van der Waals surface area contributed by atoms with E-state index in [0.717, 1.165) is 12.8 Å². The Morgan fingerprint density at radius 1 is 1.11 bits per heavy atom. The molecule has 0 spiro atoms. The van der Waals surface area contributed by atoms with E-state index in [0.29, 0.717) is 41.6 Å². The predicted octanol–water partition coefficient (Wildman–Crippen LogP) is 5.35. The summed E-state index contributed by atoms with van der Waals surface area (Å²) < 4.78 is 16.4. The number of ether oxygens (including phenoxy) is 2. The van der Waals surface area contributed by atoms with Gasteiger partial charge in [-0.25, -0.2) is 0 Å². The summed E-state index contributed by atoms with van der Waals surface area (Å²) in [6, 6.07) is 14.4. The number of aliphatic hydroxyl groups excluding tert-OH is 1. The second kappa shape index (κ2) is 10.9. The van der Waals surface area contributed by atoms with Crippen molar-refractivity contribution >= 4 is 23.3 Å². The van der Waals surface area contributed by atoms with Gasteiger partial charge in [0.25, 0.3) is 5.78 Å². The maximum Gasteiger partial charge on any atom is 0.301 e. The Morgan fingerprint density at radius 2 is 1.78 bits per heavy atom. The number of hydrogen-bond acceptors (Lipinski definition) is 7. The summed E-state index contributed by atoms with van der Waals surface area (Å²) in [6.07, 6.45) is 3.59. The molecule has 1 N–H and O–H groups in total. The summed E-state index contributed by atoms with van der Waals surface area (Å²) in [5.74, 6) is 0.0300. The SMILES string of the molecule is C=CCOc1ccc([C@H]2C(=C(O)c3ccc(OCCCC)cc3)C(=O)C(=O)N2c2cc(C)on2)cc1. The molecule has 8 nitrogen and oxygen atoms in total. The fraction of sp³-hybridized carbons (Fsp3) is 0.250. The van der Waals surface area contributed by atoms with Crippen LogP contribution in [0.15, 0.2) is 77.3 Å². The number of amides is 1. The number of aliphatic hydroxyl groups is 1. The van der Waals surface area contributed by atoms with Crippen molar-refractivity contribution in [2.75, 3.05) is 18.1 Å². The zero-order valence-electron chi connectivity index (χ0n) is 20.3. The predicted molar refractivity (Wildman–Crippen MR) is 135 cm³/mol. The summed E-state index contributed by atoms with van der Waals surface area (Å²) >= 11 is 0. The highest BCUT2D eigenvalue weighted by Crippen LogP contribution is 2.42. The Balaban J connectivity index is 1.76. The summed E-state index contributed by atoms with van der Waals surface area (Å²) in [7, 11) is 0. The number of nitrogens with zero attached hydrogens (tertiary/aromatic N) is 2. The van der Waals surface area contributed by atoms with Crippen LogP contribution in [-0.4, -0.2) is 35.2 Å². The molecule has 1 fully saturated rings. The maximum absolute atomic E-state index is 13.2. The van der Waals surface area contributed by atoms with E-state index in [2.05, 4.69) is 18.7 Å². The Hall–Kier alpha value is -4.33. The van der Waals surface area contributed by atoms with E-state index >= 15 is 0 Å². The zero-order valence-corrected chi connectivity index (χ0v) is 20.3. The van der Waals surface area contributed by atoms with E-state index in [4.69, 9.17) is 14.0 Å². The monoisotopic (exact) mass is 488 g/mol. The molecule has 1 aromatic heterocycles. The number of ketones is 1. The normalized spacial score (nSPS) is 16.8. The molecule has 0 saturated carbocycles. The summed E-state index contributed by atoms with van der Waals surface area (Å²) in [4.78, 5) is 27.6. The van der Waals surface area contributed by atoms with Crippen LogP contribution in [0.5, 0.6) is 11.5 Å². The molecule has 0 bridgehead atoms. The lowest BCUT2D eigenvalue weighted by Crippen LogP contribution is -2.29. The van der Waals surface area contributed by atoms with Crippen LogP contribution < -0.4 is 14.4 Å². The van der Waals surface area contributed by atoms with E-state index in [9.17, 15) is 14.7 Å². The fourth-order valence-corrected chi connectivity index (χ4v) is 3.95. The lowest BCUT2D eigenvalue weighted by Gasteiger charge is -2.23. The van der Waals surface area contributed by atoms with Crippen LogP contribution in [0.1, 0.15) is 42.7 Å². The Bertz CT molecular complexity index is 1270. The van der Waals surface area contributed by atoms with Crippen molar-refractivity contribution in [2.24, 2.45) is 0 Å². The van der Waals surface area contributed by atoms with Gasteiger partial charge in [0.05, 0.1) is 18.2 Å². The van der Waals surface area contributed by atoms with Crippen molar-refractivity contribution in [3.8, 4) is 11.5 Å². The minimum Gasteiger partial charge on any atom is -0.507 e. The first-order valence-electron chi connectivity index (χ1n) is 11.8. The number of aryl methyl sites for hydroxylation is 1. The molecule has 0 unspecified atom stereocenters. The van der Waals surface area contributed by atoms with Gasteiger partial charge >= 0.3 is 5.91 Å². The van der Waals surface area contributed by atoms with Crippen molar-refractivity contribution < 1.29 is 28.7 Å². The molecule has 1 saturated heterocycles. The van der Waals surface area contributed by atoms with Gasteiger partial charge in [0.2, 0.25) is 0 Å². The van der Waals surface area contributed by atoms with E-state index in [1.165, 1.54) is 4.90 Å². The molecular weight excluding hydrogens is 460 g/mol. The minimum absolute atomic E-state index is 0.0416. The number of aromatic nitrogens is 1. The summed E-state index contributed by atoms with van der Waals surface area (Å²) in [5.41, 5.74) is 0.949. The molecule has 1 aliphatic heterocycles. The Labute approximate surface area is 209 Å². The highest BCUT2D eigenvalue weighted by Gasteiger charge is 2.48. The molecule has 1 amide bonds. The van der Waals surface area contributed by atoms with Crippen LogP contribution in [0.4, 0.5) is 5.82 Å². The molecular formula is C28H28N2O6. The molecule has 2 aromatic carbocycles. The third-order valence-corrected chi connectivity index (χ3v) is 5.76. The van der Waals surface area contributed by atoms with Crippen LogP contribution in [-0.2, 0) is 9.59 Å². The van der Waals surface area contributed by atoms with Crippen LogP contribution in [0.25, 0.3) is 5.76 Å². The second-order valence-electron chi connectivity index (χ2n) is 8.36. The van der Waals surface area contributed by atoms with Crippen LogP contribution in [0.2, 0.25) is 0 Å². The van der Waals surface area contributed by atoms with Crippen molar-refractivity contribution in [1.82, 2.24) is 5.16 Å². The molecule has 0 radical (unpaired) electrons. The smallest absolute Gasteiger partial charge is 0.301 e. The average Bonchev–Trinajstić information content (AvgIpc) is 3.43. The van der Waals surface area contributed by atoms with E-state index in [1.807, 2.05) is 0 Å². The standard InChI is InChI=1S/C28H28N2O6/c1-4-6-16-35-22-13-9-20(10-14-22)26(31)24-25(19-7-11-21(12-8-19)34-15-5-2)30(28(33)27(24)32)23-17-18(3)36-29-23/h5,7-14,17,25,31H,2,4,6,15-16H2,1,3H3/t25-/m0/s1. The van der Waals surface area contributed by atoms with Gasteiger partial charge in [-0.3, -0.25) is 14.5 Å². The van der Waals surface area contributed by atoms with Crippen LogP contribution in [0, 0.1) is 6.92 Å². The number of hydrogen-bond donors (Lipinski definition) is 1. The average molecular weight is 489 g/mol. The number of benzene rings is 2. The summed E-state index contributed by atoms with van der Waals surface area (Å²) in [6.45, 7) is 8.35. The number of carbonyl (C=O) groups excluding carboxylic acids is 2. The van der Waals surface area contributed by atoms with E-state index < -0.39 is 17.7 Å². The quantitative estimate of drug-likeness (QED) is 0.135. The first kappa shape index (κ1) is 24.8. The lowest BCUT2D eigenvalue weighted by atomic mass is 9.95. The molecule has 36 heavy (non-hydrogen) atoms. The van der Waals surface area contributed by atoms with Gasteiger partial charge in [-0.2, -0.15) is 0 Å². The van der Waals surface area contributed by atoms with Gasteiger partial charge in [0, 0.05) is 11.6 Å². The summed E-state index contributed by atoms with van der Waals surface area (Å²) in [5, 5.41) is 15.2. The van der Waals surface area contributed by atoms with Crippen molar-refractivity contribution in [3.63, 3.8) is 0 Å². The molecule has 3 aromatic rings. The molecule has 8 heteroatoms. The van der Waals surface area contributed by atoms with E-state index in [-0.39, 0.29) is 17.2 Å². The Kier molecular flexibility index (Phi) is 7.53. The van der Waals surface area contributed by atoms with Crippen LogP contribution >= 0.6 is 0 Å². The first-order chi connectivity index (χ1) is 17.4. The molecule has 2 heterocycles. The molecule has 4 rings (SSSR count). The van der Waals surface area contributed by atoms with Crippen molar-refractivity contribution in [1.29, 1.82) is 0 Å². The number of carbonyl (C=O) groups is 2. The topological polar surface area (TPSA) is 102 Å². The number of unbranched alkanes of at least 4 members (excludes halogenated alkanes) is 1. The number of anilines is 1. The third kappa shape index (κ3) is 5.02. The minimum atomic E-state index is -0.913. The number of rotatable bonds is 10. The van der Waals surface area contributed by atoms with E-state index in [1.54, 1.807) is 67.6 Å². The fourth-order valence-electron chi connectivity index (χ4n) is 3.95. The first-order valence-corrected chi connectivity index (χ1v) is 11.8. The lowest BCUT2D eigenvalue weighted by molar-refractivity contribution is -0.132. The molecule has 1 atom stereocenters. The van der Waals surface area contributed by atoms with Gasteiger partial charge in [-0.1, -0.05) is 43.3 Å². The highest BCUT2D eigenvalue weighted by molar-refractivity contribution is 6.51. The largest absolute Gasteiger partial charge is 0.507 e. The highest BCUT2D eigenvalue weighted by atomic mass is 16.5. The van der Waals surface area contributed by atoms with Crippen LogP contribution in [0.3, 0.4) is 0 Å². The van der Waals surface area contributed by atoms with Gasteiger partial charge < -0.3 is 19.1 Å². The van der Waals surface area contributed by atoms with Gasteiger partial charge in [0.1, 0.15) is 29.6 Å². The Morgan fingerprint density at radius 3 is 2.39 bits per heavy atom. The molecule has 186 valence electrons. The number of Topliss-reactive ketones (excluding diaryl/α,β-unsaturated/α-hetero) is 1. The van der Waals surface area contributed by atoms with Gasteiger partial charge in [0.15, 0.2) is 5.82 Å². The maximum atomic E-state index is 13.2. The van der Waals surface area contributed by atoms with Gasteiger partial charge in [-0.05, 0) is 55.3 Å². The van der Waals surface area contributed by atoms with Crippen molar-refractivity contribution in [3.05, 3.63) is 89.7 Å². The van der Waals surface area contributed by atoms with Crippen molar-refractivity contribution in [2.45, 2.75) is 32.7 Å².